The summed E-state index contributed by atoms with van der Waals surface area (Å²) in [7, 11) is 4.56. The summed E-state index contributed by atoms with van der Waals surface area (Å²) in [6, 6.07) is -1.17. The molecule has 4 heterocycles. The summed E-state index contributed by atoms with van der Waals surface area (Å²) in [5.41, 5.74) is 1.25. The highest BCUT2D eigenvalue weighted by Gasteiger charge is 2.53. The van der Waals surface area contributed by atoms with Crippen LogP contribution in [0.3, 0.4) is 0 Å². The molecule has 0 aromatic carbocycles. The normalized spacial score (nSPS) is 36.6. The van der Waals surface area contributed by atoms with Crippen molar-refractivity contribution in [2.24, 2.45) is 35.5 Å². The summed E-state index contributed by atoms with van der Waals surface area (Å²) in [6.07, 6.45) is 12.0. The molecule has 0 aromatic heterocycles. The molecule has 0 unspecified atom stereocenters. The number of Topliss-reactive ketones (excluding diaryl/α,β-unsaturated/α-hetero) is 3. The van der Waals surface area contributed by atoms with Crippen molar-refractivity contribution in [1.82, 2.24) is 9.80 Å². The highest BCUT2D eigenvalue weighted by Crippen LogP contribution is 2.38. The van der Waals surface area contributed by atoms with Crippen molar-refractivity contribution in [2.75, 3.05) is 60.7 Å². The Bertz CT molecular complexity index is 2060. The van der Waals surface area contributed by atoms with E-state index in [0.717, 1.165) is 25.2 Å². The zero-order chi connectivity index (χ0) is 55.7. The Hall–Kier alpha value is -3.94. The topological polar surface area (TPSA) is 214 Å². The standard InChI is InChI=1S/C59H92N2O15/c1-37-17-12-11-13-18-38(2)49(70-8)35-45-23-21-43(7)59(69,76-45)56(66)57(67)61-26-15-14-19-46(61)58(68)75-50(36-47(62)39(3)32-42(6)54(65)55(72-10)53(64)41(5)31-37)40(4)33-44-22-24-48(51(34-44)71-9)74-52(63)20-16-25-60-27-29-73-30-28-60/h11-13,17-18,32,37,39-41,43-46,48-51,54-55,65,69H,14-16,19-31,33-36H2,1-10H3/b13-11?,17-12+,38-18?,42-32+/t37-,39-,40-,41-,43-,44+,45+,46+,48-,49+,50+,51-,54-,55+,59-/m1/s1. The Balaban J connectivity index is 1.40. The molecule has 1 amide bonds. The van der Waals surface area contributed by atoms with E-state index in [-0.39, 0.29) is 60.8 Å². The Labute approximate surface area is 452 Å². The number of nitrogens with zero attached hydrogens (tertiary/aromatic N) is 2. The van der Waals surface area contributed by atoms with Crippen LogP contribution in [0.2, 0.25) is 0 Å². The second-order valence-corrected chi connectivity index (χ2v) is 22.6. The van der Waals surface area contributed by atoms with E-state index in [1.807, 2.05) is 58.1 Å². The average Bonchev–Trinajstić information content (AvgIpc) is 3.40. The first-order chi connectivity index (χ1) is 36.2. The number of carbonyl (C=O) groups is 6. The third kappa shape index (κ3) is 17.5. The minimum atomic E-state index is -2.45. The predicted octanol–water partition coefficient (Wildman–Crippen LogP) is 6.84. The fraction of sp³-hybridized carbons (Fsp3) is 0.763. The van der Waals surface area contributed by atoms with Crippen LogP contribution in [0.1, 0.15) is 138 Å². The van der Waals surface area contributed by atoms with Crippen molar-refractivity contribution >= 4 is 35.2 Å². The van der Waals surface area contributed by atoms with Crippen LogP contribution in [0.25, 0.3) is 0 Å². The summed E-state index contributed by atoms with van der Waals surface area (Å²) < 4.78 is 41.3. The van der Waals surface area contributed by atoms with Gasteiger partial charge in [0.2, 0.25) is 5.79 Å². The number of carbonyl (C=O) groups excluding carboxylic acids is 6. The second kappa shape index (κ2) is 30.4. The maximum absolute atomic E-state index is 14.6. The zero-order valence-electron chi connectivity index (χ0n) is 47.3. The van der Waals surface area contributed by atoms with Crippen molar-refractivity contribution in [1.29, 1.82) is 0 Å². The lowest BCUT2D eigenvalue weighted by Crippen LogP contribution is -2.61. The Kier molecular flexibility index (Phi) is 25.2. The lowest BCUT2D eigenvalue weighted by Gasteiger charge is -2.42. The molecule has 3 saturated heterocycles. The van der Waals surface area contributed by atoms with E-state index in [4.69, 9.17) is 33.2 Å². The molecule has 15 atom stereocenters. The van der Waals surface area contributed by atoms with Crippen LogP contribution in [0.5, 0.6) is 0 Å². The van der Waals surface area contributed by atoms with E-state index in [1.165, 1.54) is 12.0 Å². The van der Waals surface area contributed by atoms with Crippen LogP contribution in [0, 0.1) is 35.5 Å². The molecule has 2 N–H and O–H groups in total. The number of aliphatic hydroxyl groups is 2. The highest BCUT2D eigenvalue weighted by molar-refractivity contribution is 6.39. The van der Waals surface area contributed by atoms with Gasteiger partial charge in [-0.3, -0.25) is 28.9 Å². The van der Waals surface area contributed by atoms with Crippen molar-refractivity contribution in [3.05, 3.63) is 47.6 Å². The quantitative estimate of drug-likeness (QED) is 0.123. The SMILES string of the molecule is CO[C@H]1C[C@@H]2CC[C@@H](C)[C@@](O)(O2)C(=O)C(=O)N2CCCC[C@H]2C(=O)O[C@H]([C@H](C)C[C@@H]2CC[C@@H](OC(=O)CCCN3CCOCC3)[C@H](OC)C2)CC(=O)[C@H](C)/C=C(\C)[C@@H](O)[C@@H](OC)C(=O)[C@H](C)C[C@H](C)/C=C/C=CC=C1C. The number of ketones is 3. The van der Waals surface area contributed by atoms with E-state index in [1.54, 1.807) is 41.1 Å². The fourth-order valence-electron chi connectivity index (χ4n) is 11.7. The van der Waals surface area contributed by atoms with Crippen LogP contribution in [0.4, 0.5) is 0 Å². The minimum absolute atomic E-state index is 0.00636. The molecule has 428 valence electrons. The molecule has 76 heavy (non-hydrogen) atoms. The zero-order valence-corrected chi connectivity index (χ0v) is 47.3. The molecule has 0 aromatic rings. The van der Waals surface area contributed by atoms with Gasteiger partial charge >= 0.3 is 11.9 Å². The van der Waals surface area contributed by atoms with Gasteiger partial charge in [0, 0.05) is 78.0 Å². The van der Waals surface area contributed by atoms with Gasteiger partial charge in [0.15, 0.2) is 5.78 Å². The van der Waals surface area contributed by atoms with Gasteiger partial charge in [-0.1, -0.05) is 71.1 Å². The van der Waals surface area contributed by atoms with Gasteiger partial charge in [0.1, 0.15) is 36.2 Å². The third-order valence-electron chi connectivity index (χ3n) is 16.7. The first-order valence-electron chi connectivity index (χ1n) is 28.2. The molecule has 1 saturated carbocycles. The van der Waals surface area contributed by atoms with Gasteiger partial charge < -0.3 is 48.3 Å². The number of methoxy groups -OCH3 is 3. The van der Waals surface area contributed by atoms with E-state index in [9.17, 15) is 39.0 Å². The molecule has 17 heteroatoms. The van der Waals surface area contributed by atoms with Crippen LogP contribution in [-0.2, 0) is 61.9 Å². The van der Waals surface area contributed by atoms with E-state index < -0.39 is 83.9 Å². The molecule has 4 fully saturated rings. The number of fused-ring (bicyclic) bond motifs is 3. The Morgan fingerprint density at radius 3 is 2.28 bits per heavy atom. The van der Waals surface area contributed by atoms with E-state index in [0.29, 0.717) is 95.8 Å². The molecule has 4 aliphatic heterocycles. The smallest absolute Gasteiger partial charge is 0.329 e. The monoisotopic (exact) mass is 1070 g/mol. The van der Waals surface area contributed by atoms with Gasteiger partial charge in [-0.05, 0) is 120 Å². The molecule has 0 radical (unpaired) electrons. The molecular weight excluding hydrogens is 977 g/mol. The van der Waals surface area contributed by atoms with Gasteiger partial charge in [0.25, 0.3) is 11.7 Å². The van der Waals surface area contributed by atoms with Crippen molar-refractivity contribution < 1.29 is 72.1 Å². The lowest BCUT2D eigenvalue weighted by molar-refractivity contribution is -0.265. The number of amides is 1. The second-order valence-electron chi connectivity index (χ2n) is 22.6. The third-order valence-corrected chi connectivity index (χ3v) is 16.7. The number of ether oxygens (including phenoxy) is 7. The first-order valence-corrected chi connectivity index (χ1v) is 28.2. The summed E-state index contributed by atoms with van der Waals surface area (Å²) in [6.45, 7) is 16.6. The van der Waals surface area contributed by atoms with E-state index >= 15 is 0 Å². The predicted molar refractivity (Wildman–Crippen MR) is 286 cm³/mol. The number of hydrogen-bond donors (Lipinski definition) is 2. The summed E-state index contributed by atoms with van der Waals surface area (Å²) in [5.74, 6) is -8.47. The first kappa shape index (κ1) is 62.9. The molecule has 1 aliphatic carbocycles. The van der Waals surface area contributed by atoms with Crippen LogP contribution in [-0.4, -0.2) is 170 Å². The Morgan fingerprint density at radius 1 is 0.842 bits per heavy atom. The van der Waals surface area contributed by atoms with Crippen LogP contribution >= 0.6 is 0 Å². The number of rotatable bonds is 11. The summed E-state index contributed by atoms with van der Waals surface area (Å²) in [5, 5.41) is 23.6. The van der Waals surface area contributed by atoms with Crippen molar-refractivity contribution in [3.8, 4) is 0 Å². The van der Waals surface area contributed by atoms with Crippen molar-refractivity contribution in [2.45, 2.75) is 193 Å². The molecule has 5 rings (SSSR count). The number of esters is 2. The maximum Gasteiger partial charge on any atom is 0.329 e. The lowest BCUT2D eigenvalue weighted by atomic mass is 9.78. The van der Waals surface area contributed by atoms with Crippen molar-refractivity contribution in [3.63, 3.8) is 0 Å². The van der Waals surface area contributed by atoms with Gasteiger partial charge in [-0.25, -0.2) is 4.79 Å². The molecule has 2 bridgehead atoms. The summed E-state index contributed by atoms with van der Waals surface area (Å²) >= 11 is 0. The summed E-state index contributed by atoms with van der Waals surface area (Å²) in [4.78, 5) is 88.0. The minimum Gasteiger partial charge on any atom is -0.460 e. The number of piperidine rings is 1. The molecule has 17 nitrogen and oxygen atoms in total. The van der Waals surface area contributed by atoms with Gasteiger partial charge in [-0.15, -0.1) is 0 Å². The van der Waals surface area contributed by atoms with Crippen LogP contribution < -0.4 is 0 Å². The largest absolute Gasteiger partial charge is 0.460 e. The molecule has 5 aliphatic rings. The Morgan fingerprint density at radius 2 is 1.58 bits per heavy atom. The maximum atomic E-state index is 14.6. The number of cyclic esters (lactones) is 1. The van der Waals surface area contributed by atoms with Gasteiger partial charge in [-0.2, -0.15) is 0 Å². The molecular formula is C59H92N2O15. The number of aliphatic hydroxyl groups excluding tert-OH is 1. The number of morpholine rings is 1. The van der Waals surface area contributed by atoms with Gasteiger partial charge in [0.05, 0.1) is 31.5 Å². The van der Waals surface area contributed by atoms with Crippen LogP contribution in [0.15, 0.2) is 47.6 Å². The van der Waals surface area contributed by atoms with E-state index in [2.05, 4.69) is 4.90 Å². The average molecular weight is 1070 g/mol. The number of hydrogen-bond acceptors (Lipinski definition) is 16. The number of allylic oxidation sites excluding steroid dienone is 6. The fourth-order valence-corrected chi connectivity index (χ4v) is 11.7. The molecule has 0 spiro atoms. The highest BCUT2D eigenvalue weighted by atomic mass is 16.6.